The van der Waals surface area contributed by atoms with Gasteiger partial charge in [-0.15, -0.1) is 0 Å². The summed E-state index contributed by atoms with van der Waals surface area (Å²) in [5.74, 6) is -0.249. The van der Waals surface area contributed by atoms with Crippen LogP contribution in [0.15, 0.2) is 76.7 Å². The van der Waals surface area contributed by atoms with Crippen molar-refractivity contribution in [3.8, 4) is 5.75 Å². The highest BCUT2D eigenvalue weighted by atomic mass is 32.2. The number of hydrogen-bond donors (Lipinski definition) is 0. The number of carbonyl (C=O) groups excluding carboxylic acids is 1. The van der Waals surface area contributed by atoms with Crippen LogP contribution in [0.25, 0.3) is 10.2 Å². The van der Waals surface area contributed by atoms with Crippen LogP contribution in [0.5, 0.6) is 5.75 Å². The van der Waals surface area contributed by atoms with Crippen molar-refractivity contribution in [2.24, 2.45) is 5.10 Å². The number of fused-ring (bicyclic) bond motifs is 1. The molecule has 0 unspecified atom stereocenters. The van der Waals surface area contributed by atoms with E-state index >= 15 is 0 Å². The number of hydrogen-bond acceptors (Lipinski definition) is 7. The second-order valence-electron chi connectivity index (χ2n) is 7.86. The van der Waals surface area contributed by atoms with Gasteiger partial charge in [-0.2, -0.15) is 14.4 Å². The van der Waals surface area contributed by atoms with Crippen molar-refractivity contribution >= 4 is 48.8 Å². The zero-order valence-electron chi connectivity index (χ0n) is 20.5. The van der Waals surface area contributed by atoms with E-state index in [1.165, 1.54) is 53.0 Å². The normalized spacial score (nSPS) is 11.9. The fraction of sp³-hybridized carbons (Fsp3) is 0.192. The van der Waals surface area contributed by atoms with Gasteiger partial charge >= 0.3 is 0 Å². The lowest BCUT2D eigenvalue weighted by Gasteiger charge is -2.19. The van der Waals surface area contributed by atoms with E-state index in [1.54, 1.807) is 45.2 Å². The summed E-state index contributed by atoms with van der Waals surface area (Å²) in [5, 5.41) is 5.76. The lowest BCUT2D eigenvalue weighted by atomic mass is 10.2. The number of aromatic nitrogens is 1. The zero-order chi connectivity index (χ0) is 26.6. The van der Waals surface area contributed by atoms with Crippen molar-refractivity contribution in [2.75, 3.05) is 25.2 Å². The number of thiazole rings is 1. The molecule has 0 spiro atoms. The highest BCUT2D eigenvalue weighted by Crippen LogP contribution is 2.31. The quantitative estimate of drug-likeness (QED) is 0.216. The Kier molecular flexibility index (Phi) is 7.96. The number of anilines is 1. The molecule has 0 atom stereocenters. The molecule has 0 saturated heterocycles. The molecule has 4 aromatic rings. The van der Waals surface area contributed by atoms with Crippen LogP contribution in [0.1, 0.15) is 29.8 Å². The third-order valence-corrected chi connectivity index (χ3v) is 8.65. The van der Waals surface area contributed by atoms with E-state index in [1.807, 2.05) is 0 Å². The van der Waals surface area contributed by atoms with Crippen molar-refractivity contribution in [1.29, 1.82) is 0 Å². The summed E-state index contributed by atoms with van der Waals surface area (Å²) >= 11 is 1.12. The molecule has 0 aliphatic rings. The third kappa shape index (κ3) is 5.68. The molecule has 8 nitrogen and oxygen atoms in total. The molecule has 1 heterocycles. The van der Waals surface area contributed by atoms with Crippen LogP contribution in [0.3, 0.4) is 0 Å². The van der Waals surface area contributed by atoms with Gasteiger partial charge in [0.05, 0.1) is 28.4 Å². The van der Waals surface area contributed by atoms with Crippen LogP contribution >= 0.6 is 11.3 Å². The molecular weight excluding hydrogens is 515 g/mol. The third-order valence-electron chi connectivity index (χ3n) is 5.60. The van der Waals surface area contributed by atoms with Crippen LogP contribution in [0.4, 0.5) is 9.52 Å². The average molecular weight is 541 g/mol. The van der Waals surface area contributed by atoms with E-state index in [-0.39, 0.29) is 15.6 Å². The SMILES string of the molecule is CCN(CC)S(=O)(=O)c1ccc(C(=O)N(/N=C/c2ccc(OC)cc2)c2nc3ccc(F)cc3s2)cc1. The molecule has 0 fully saturated rings. The Morgan fingerprint density at radius 1 is 1.05 bits per heavy atom. The van der Waals surface area contributed by atoms with Gasteiger partial charge in [-0.1, -0.05) is 25.2 Å². The number of sulfonamides is 1. The number of rotatable bonds is 9. The second kappa shape index (κ2) is 11.2. The monoisotopic (exact) mass is 540 g/mol. The summed E-state index contributed by atoms with van der Waals surface area (Å²) in [4.78, 5) is 18.1. The fourth-order valence-corrected chi connectivity index (χ4v) is 5.99. The molecule has 37 heavy (non-hydrogen) atoms. The van der Waals surface area contributed by atoms with Gasteiger partial charge in [-0.25, -0.2) is 17.8 Å². The number of carbonyl (C=O) groups is 1. The fourth-order valence-electron chi connectivity index (χ4n) is 3.58. The molecule has 0 radical (unpaired) electrons. The van der Waals surface area contributed by atoms with E-state index < -0.39 is 21.7 Å². The largest absolute Gasteiger partial charge is 0.497 e. The molecular formula is C26H25FN4O4S2. The first-order chi connectivity index (χ1) is 17.8. The Labute approximate surface area is 218 Å². The number of amides is 1. The average Bonchev–Trinajstić information content (AvgIpc) is 3.32. The first-order valence-electron chi connectivity index (χ1n) is 11.5. The van der Waals surface area contributed by atoms with Gasteiger partial charge in [0.15, 0.2) is 0 Å². The lowest BCUT2D eigenvalue weighted by Crippen LogP contribution is -2.30. The minimum atomic E-state index is -3.67. The number of ether oxygens (including phenoxy) is 1. The van der Waals surface area contributed by atoms with Crippen molar-refractivity contribution in [3.63, 3.8) is 0 Å². The predicted molar refractivity (Wildman–Crippen MR) is 144 cm³/mol. The number of nitrogens with zero attached hydrogens (tertiary/aromatic N) is 4. The van der Waals surface area contributed by atoms with Crippen molar-refractivity contribution in [1.82, 2.24) is 9.29 Å². The van der Waals surface area contributed by atoms with Gasteiger partial charge in [0.1, 0.15) is 11.6 Å². The minimum absolute atomic E-state index is 0.0940. The van der Waals surface area contributed by atoms with Crippen molar-refractivity contribution in [3.05, 3.63) is 83.7 Å². The van der Waals surface area contributed by atoms with E-state index in [0.29, 0.717) is 34.6 Å². The number of methoxy groups -OCH3 is 1. The van der Waals surface area contributed by atoms with Crippen LogP contribution in [-0.4, -0.2) is 50.0 Å². The van der Waals surface area contributed by atoms with E-state index in [2.05, 4.69) is 10.1 Å². The number of halogens is 1. The summed E-state index contributed by atoms with van der Waals surface area (Å²) in [6.45, 7) is 4.21. The maximum atomic E-state index is 13.7. The Balaban J connectivity index is 1.70. The van der Waals surface area contributed by atoms with Gasteiger partial charge in [0.25, 0.3) is 5.91 Å². The topological polar surface area (TPSA) is 92.2 Å². The molecule has 0 N–H and O–H groups in total. The van der Waals surface area contributed by atoms with Gasteiger partial charge in [-0.05, 0) is 72.3 Å². The summed E-state index contributed by atoms with van der Waals surface area (Å²) in [7, 11) is -2.10. The lowest BCUT2D eigenvalue weighted by molar-refractivity contribution is 0.0987. The van der Waals surface area contributed by atoms with E-state index in [9.17, 15) is 17.6 Å². The highest BCUT2D eigenvalue weighted by molar-refractivity contribution is 7.89. The molecule has 192 valence electrons. The van der Waals surface area contributed by atoms with Gasteiger partial charge in [-0.3, -0.25) is 4.79 Å². The highest BCUT2D eigenvalue weighted by Gasteiger charge is 2.24. The summed E-state index contributed by atoms with van der Waals surface area (Å²) in [6, 6.07) is 17.0. The Morgan fingerprint density at radius 3 is 2.35 bits per heavy atom. The van der Waals surface area contributed by atoms with Gasteiger partial charge < -0.3 is 4.74 Å². The molecule has 0 aliphatic carbocycles. The summed E-state index contributed by atoms with van der Waals surface area (Å²) in [6.07, 6.45) is 1.50. The number of benzene rings is 3. The van der Waals surface area contributed by atoms with Gasteiger partial charge in [0, 0.05) is 18.7 Å². The molecule has 0 bridgehead atoms. The maximum absolute atomic E-state index is 13.7. The molecule has 0 saturated carbocycles. The molecule has 4 rings (SSSR count). The van der Waals surface area contributed by atoms with Crippen LogP contribution in [-0.2, 0) is 10.0 Å². The van der Waals surface area contributed by atoms with Crippen LogP contribution < -0.4 is 9.75 Å². The molecule has 3 aromatic carbocycles. The zero-order valence-corrected chi connectivity index (χ0v) is 22.1. The molecule has 11 heteroatoms. The first kappa shape index (κ1) is 26.4. The smallest absolute Gasteiger partial charge is 0.280 e. The Morgan fingerprint density at radius 2 is 1.73 bits per heavy atom. The summed E-state index contributed by atoms with van der Waals surface area (Å²) in [5.41, 5.74) is 1.46. The Bertz CT molecular complexity index is 1530. The van der Waals surface area contributed by atoms with Crippen LogP contribution in [0, 0.1) is 5.82 Å². The standard InChI is InChI=1S/C26H25FN4O4S2/c1-4-30(5-2)37(33,34)22-13-8-19(9-14-22)25(32)31(28-17-18-6-11-21(35-3)12-7-18)26-29-23-15-10-20(27)16-24(23)36-26/h6-17H,4-5H2,1-3H3/b28-17+. The Hall–Kier alpha value is -3.67. The predicted octanol–water partition coefficient (Wildman–Crippen LogP) is 5.16. The van der Waals surface area contributed by atoms with E-state index in [0.717, 1.165) is 16.3 Å². The molecule has 1 aromatic heterocycles. The van der Waals surface area contributed by atoms with Crippen molar-refractivity contribution < 1.29 is 22.3 Å². The van der Waals surface area contributed by atoms with Crippen LogP contribution in [0.2, 0.25) is 0 Å². The van der Waals surface area contributed by atoms with Gasteiger partial charge in [0.2, 0.25) is 15.2 Å². The minimum Gasteiger partial charge on any atom is -0.497 e. The second-order valence-corrected chi connectivity index (χ2v) is 10.8. The first-order valence-corrected chi connectivity index (χ1v) is 13.7. The van der Waals surface area contributed by atoms with E-state index in [4.69, 9.17) is 4.74 Å². The summed E-state index contributed by atoms with van der Waals surface area (Å²) < 4.78 is 46.5. The molecule has 0 aliphatic heterocycles. The molecule has 1 amide bonds. The maximum Gasteiger partial charge on any atom is 0.280 e. The number of hydrazone groups is 1. The van der Waals surface area contributed by atoms with Crippen molar-refractivity contribution in [2.45, 2.75) is 18.7 Å².